The number of nitrogens with two attached hydrogens (primary N) is 1. The van der Waals surface area contributed by atoms with Crippen molar-refractivity contribution in [3.8, 4) is 0 Å². The summed E-state index contributed by atoms with van der Waals surface area (Å²) in [5.74, 6) is -2.39. The molecule has 1 heterocycles. The van der Waals surface area contributed by atoms with Crippen molar-refractivity contribution in [2.45, 2.75) is 68.2 Å². The van der Waals surface area contributed by atoms with Gasteiger partial charge in [0.15, 0.2) is 0 Å². The van der Waals surface area contributed by atoms with E-state index < -0.39 is 44.6 Å². The van der Waals surface area contributed by atoms with Crippen molar-refractivity contribution in [2.24, 2.45) is 10.7 Å². The topological polar surface area (TPSA) is 176 Å². The molecule has 3 rings (SSSR count). The largest absolute Gasteiger partial charge is 0.480 e. The Morgan fingerprint density at radius 2 is 1.68 bits per heavy atom. The first-order chi connectivity index (χ1) is 19.2. The zero-order valence-electron chi connectivity index (χ0n) is 23.1. The van der Waals surface area contributed by atoms with Crippen LogP contribution in [-0.4, -0.2) is 69.9 Å². The number of nitrogens with one attached hydrogen (secondary N) is 1. The average molecular weight is 603 g/mol. The Hall–Kier alpha value is -3.55. The van der Waals surface area contributed by atoms with Crippen LogP contribution in [0.3, 0.4) is 0 Å². The smallest absolute Gasteiger partial charge is 0.326 e. The lowest BCUT2D eigenvalue weighted by Gasteiger charge is -2.31. The Balaban J connectivity index is 1.67. The van der Waals surface area contributed by atoms with Gasteiger partial charge in [0.25, 0.3) is 0 Å². The fraction of sp³-hybridized carbons (Fsp3) is 0.393. The minimum absolute atomic E-state index is 0.0251. The van der Waals surface area contributed by atoms with Crippen LogP contribution < -0.4 is 11.1 Å². The number of rotatable bonds is 12. The van der Waals surface area contributed by atoms with Gasteiger partial charge < -0.3 is 16.2 Å². The number of hydrogen-bond acceptors (Lipinski definition) is 7. The summed E-state index contributed by atoms with van der Waals surface area (Å²) < 4.78 is 27.0. The van der Waals surface area contributed by atoms with Crippen LogP contribution in [0.4, 0.5) is 0 Å². The molecule has 2 atom stereocenters. The first-order valence-electron chi connectivity index (χ1n) is 12.9. The number of benzene rings is 2. The molecule has 0 aliphatic carbocycles. The third-order valence-electron chi connectivity index (χ3n) is 6.51. The molecule has 1 aliphatic heterocycles. The van der Waals surface area contributed by atoms with E-state index in [-0.39, 0.29) is 48.1 Å². The molecule has 0 bridgehead atoms. The molecule has 2 aromatic carbocycles. The van der Waals surface area contributed by atoms with Gasteiger partial charge in [-0.1, -0.05) is 42.5 Å². The highest BCUT2D eigenvalue weighted by atomic mass is 32.2. The van der Waals surface area contributed by atoms with Crippen molar-refractivity contribution in [1.29, 1.82) is 0 Å². The van der Waals surface area contributed by atoms with Gasteiger partial charge in [0.2, 0.25) is 21.8 Å². The zero-order valence-corrected chi connectivity index (χ0v) is 24.7. The molecule has 11 nitrogen and oxygen atoms in total. The van der Waals surface area contributed by atoms with Gasteiger partial charge in [-0.3, -0.25) is 14.4 Å². The Morgan fingerprint density at radius 3 is 2.27 bits per heavy atom. The summed E-state index contributed by atoms with van der Waals surface area (Å²) in [5.41, 5.74) is 6.65. The number of thioether (sulfide) groups is 1. The summed E-state index contributed by atoms with van der Waals surface area (Å²) in [6.45, 7) is 4.99. The van der Waals surface area contributed by atoms with E-state index in [1.807, 2.05) is 0 Å². The Morgan fingerprint density at radius 1 is 1.07 bits per heavy atom. The van der Waals surface area contributed by atoms with Crippen LogP contribution in [0, 0.1) is 0 Å². The number of ketones is 1. The summed E-state index contributed by atoms with van der Waals surface area (Å²) >= 11 is 1.30. The van der Waals surface area contributed by atoms with E-state index in [0.29, 0.717) is 11.1 Å². The SMILES string of the molecule is CC(N)=NC(=O)CCC(=O)Cc1ccc(CC(NC(=O)[C@H]2N(S(=O)(=O)c3ccccc3)CSC2(C)C)C(=O)O)cc1. The zero-order chi connectivity index (χ0) is 30.4. The van der Waals surface area contributed by atoms with Crippen molar-refractivity contribution >= 4 is 51.2 Å². The van der Waals surface area contributed by atoms with Gasteiger partial charge in [-0.15, -0.1) is 11.8 Å². The number of hydrogen-bond donors (Lipinski definition) is 3. The van der Waals surface area contributed by atoms with Crippen LogP contribution in [0.5, 0.6) is 0 Å². The number of aliphatic imine (C=N–C) groups is 1. The maximum Gasteiger partial charge on any atom is 0.326 e. The molecular weight excluding hydrogens is 568 g/mol. The van der Waals surface area contributed by atoms with E-state index in [9.17, 15) is 32.7 Å². The molecule has 41 heavy (non-hydrogen) atoms. The number of amides is 2. The average Bonchev–Trinajstić information content (AvgIpc) is 3.24. The number of nitrogens with zero attached hydrogens (tertiary/aromatic N) is 2. The third-order valence-corrected chi connectivity index (χ3v) is 9.87. The lowest BCUT2D eigenvalue weighted by Crippen LogP contribution is -2.56. The van der Waals surface area contributed by atoms with Crippen molar-refractivity contribution in [3.63, 3.8) is 0 Å². The highest BCUT2D eigenvalue weighted by Gasteiger charge is 2.51. The van der Waals surface area contributed by atoms with Gasteiger partial charge in [0.05, 0.1) is 16.6 Å². The van der Waals surface area contributed by atoms with Crippen LogP contribution >= 0.6 is 11.8 Å². The van der Waals surface area contributed by atoms with Crippen LogP contribution in [0.15, 0.2) is 64.5 Å². The summed E-state index contributed by atoms with van der Waals surface area (Å²) in [6, 6.07) is 12.1. The van der Waals surface area contributed by atoms with E-state index in [1.54, 1.807) is 56.3 Å². The molecule has 0 spiro atoms. The quantitative estimate of drug-likeness (QED) is 0.243. The second kappa shape index (κ2) is 13.4. The molecule has 220 valence electrons. The number of sulfonamides is 1. The number of carbonyl (C=O) groups excluding carboxylic acids is 3. The van der Waals surface area contributed by atoms with Crippen molar-refractivity contribution in [2.75, 3.05) is 5.88 Å². The molecule has 13 heteroatoms. The first kappa shape index (κ1) is 32.0. The third kappa shape index (κ3) is 8.47. The molecule has 4 N–H and O–H groups in total. The predicted octanol–water partition coefficient (Wildman–Crippen LogP) is 2.14. The van der Waals surface area contributed by atoms with Gasteiger partial charge in [0, 0.05) is 30.4 Å². The highest BCUT2D eigenvalue weighted by molar-refractivity contribution is 8.02. The van der Waals surface area contributed by atoms with Gasteiger partial charge in [-0.2, -0.15) is 4.31 Å². The molecule has 0 radical (unpaired) electrons. The fourth-order valence-corrected chi connectivity index (χ4v) is 7.60. The van der Waals surface area contributed by atoms with Crippen LogP contribution in [0.2, 0.25) is 0 Å². The van der Waals surface area contributed by atoms with Crippen LogP contribution in [0.25, 0.3) is 0 Å². The second-order valence-electron chi connectivity index (χ2n) is 10.3. The minimum Gasteiger partial charge on any atom is -0.480 e. The lowest BCUT2D eigenvalue weighted by atomic mass is 9.99. The molecule has 0 saturated carbocycles. The predicted molar refractivity (Wildman–Crippen MR) is 156 cm³/mol. The van der Waals surface area contributed by atoms with E-state index in [0.717, 1.165) is 4.31 Å². The summed E-state index contributed by atoms with van der Waals surface area (Å²) in [5, 5.41) is 12.4. The maximum absolute atomic E-state index is 13.4. The number of Topliss-reactive ketones (excluding diaryl/α,β-unsaturated/α-hetero) is 1. The number of carbonyl (C=O) groups is 4. The Kier molecular flexibility index (Phi) is 10.5. The van der Waals surface area contributed by atoms with Gasteiger partial charge in [0.1, 0.15) is 17.9 Å². The normalized spacial score (nSPS) is 18.0. The standard InChI is InChI=1S/C28H34N4O7S2/c1-18(29)30-24(34)14-13-21(33)15-19-9-11-20(12-10-19)16-23(27(36)37)31-26(35)25-28(2,3)40-17-32(25)41(38,39)22-7-5-4-6-8-22/h4-12,23,25H,13-17H2,1-3H3,(H,31,35)(H,36,37)(H2,29,30,34)/t23?,25-/m1/s1. The molecule has 0 aromatic heterocycles. The van der Waals surface area contributed by atoms with E-state index >= 15 is 0 Å². The van der Waals surface area contributed by atoms with Gasteiger partial charge in [-0.05, 0) is 44.0 Å². The Labute approximate surface area is 243 Å². The van der Waals surface area contributed by atoms with Crippen molar-refractivity contribution in [3.05, 3.63) is 65.7 Å². The van der Waals surface area contributed by atoms with E-state index in [1.165, 1.54) is 30.8 Å². The molecule has 1 aliphatic rings. The molecule has 2 aromatic rings. The first-order valence-corrected chi connectivity index (χ1v) is 15.3. The molecule has 1 saturated heterocycles. The van der Waals surface area contributed by atoms with E-state index in [4.69, 9.17) is 5.73 Å². The molecule has 1 unspecified atom stereocenters. The fourth-order valence-electron chi connectivity index (χ4n) is 4.41. The lowest BCUT2D eigenvalue weighted by molar-refractivity contribution is -0.142. The number of aliphatic carboxylic acids is 1. The summed E-state index contributed by atoms with van der Waals surface area (Å²) in [4.78, 5) is 53.0. The van der Waals surface area contributed by atoms with Gasteiger partial charge >= 0.3 is 5.97 Å². The maximum atomic E-state index is 13.4. The molecule has 1 fully saturated rings. The highest BCUT2D eigenvalue weighted by Crippen LogP contribution is 2.42. The van der Waals surface area contributed by atoms with Crippen LogP contribution in [-0.2, 0) is 42.0 Å². The number of carboxylic acids is 1. The van der Waals surface area contributed by atoms with Crippen molar-refractivity contribution < 1.29 is 32.7 Å². The van der Waals surface area contributed by atoms with Crippen LogP contribution in [0.1, 0.15) is 44.7 Å². The van der Waals surface area contributed by atoms with E-state index in [2.05, 4.69) is 10.3 Å². The Bertz CT molecular complexity index is 1420. The monoisotopic (exact) mass is 602 g/mol. The minimum atomic E-state index is -4.00. The molecular formula is C28H34N4O7S2. The van der Waals surface area contributed by atoms with Gasteiger partial charge in [-0.25, -0.2) is 18.2 Å². The number of carboxylic acid groups (broad SMARTS) is 1. The molecule has 2 amide bonds. The summed E-state index contributed by atoms with van der Waals surface area (Å²) in [6.07, 6.45) is 0.0349. The second-order valence-corrected chi connectivity index (χ2v) is 13.8. The number of amidine groups is 1. The van der Waals surface area contributed by atoms with Crippen molar-refractivity contribution in [1.82, 2.24) is 9.62 Å². The summed E-state index contributed by atoms with van der Waals surface area (Å²) in [7, 11) is -4.00.